The highest BCUT2D eigenvalue weighted by Crippen LogP contribution is 2.25. The van der Waals surface area contributed by atoms with Gasteiger partial charge in [0, 0.05) is 22.7 Å². The van der Waals surface area contributed by atoms with E-state index in [4.69, 9.17) is 0 Å². The zero-order valence-corrected chi connectivity index (χ0v) is 14.1. The van der Waals surface area contributed by atoms with Gasteiger partial charge in [-0.05, 0) is 69.4 Å². The number of benzene rings is 1. The van der Waals surface area contributed by atoms with Crippen LogP contribution in [0.3, 0.4) is 0 Å². The summed E-state index contributed by atoms with van der Waals surface area (Å²) in [4.78, 5) is 20.0. The average molecular weight is 327 g/mol. The number of pyridine rings is 1. The van der Waals surface area contributed by atoms with Crippen LogP contribution in [0.2, 0.25) is 0 Å². The van der Waals surface area contributed by atoms with Crippen LogP contribution >= 0.6 is 11.8 Å². The molecule has 1 aliphatic heterocycles. The molecule has 1 aromatic carbocycles. The standard InChI is InChI=1S/C18H21N3OS/c1-21-12-9-15(10-13-21)20-18(22)14-5-7-16(8-6-14)23-17-4-2-3-11-19-17/h2-8,11,15H,9-10,12-13H2,1H3,(H,20,22). The smallest absolute Gasteiger partial charge is 0.251 e. The number of aromatic nitrogens is 1. The van der Waals surface area contributed by atoms with Crippen LogP contribution < -0.4 is 5.32 Å². The van der Waals surface area contributed by atoms with Crippen molar-refractivity contribution in [3.8, 4) is 0 Å². The summed E-state index contributed by atoms with van der Waals surface area (Å²) in [6, 6.07) is 13.9. The first-order valence-electron chi connectivity index (χ1n) is 7.89. The lowest BCUT2D eigenvalue weighted by atomic mass is 10.0. The predicted molar refractivity (Wildman–Crippen MR) is 92.8 cm³/mol. The molecular formula is C18H21N3OS. The van der Waals surface area contributed by atoms with E-state index in [1.54, 1.807) is 18.0 Å². The second kappa shape index (κ2) is 7.62. The molecule has 0 unspecified atom stereocenters. The summed E-state index contributed by atoms with van der Waals surface area (Å²) in [7, 11) is 2.12. The Morgan fingerprint density at radius 1 is 1.17 bits per heavy atom. The molecule has 3 rings (SSSR count). The van der Waals surface area contributed by atoms with E-state index in [9.17, 15) is 4.79 Å². The van der Waals surface area contributed by atoms with Gasteiger partial charge >= 0.3 is 0 Å². The van der Waals surface area contributed by atoms with Gasteiger partial charge in [-0.15, -0.1) is 0 Å². The van der Waals surface area contributed by atoms with Gasteiger partial charge in [0.15, 0.2) is 0 Å². The van der Waals surface area contributed by atoms with E-state index in [-0.39, 0.29) is 5.91 Å². The number of hydrogen-bond acceptors (Lipinski definition) is 4. The molecule has 120 valence electrons. The van der Waals surface area contributed by atoms with Crippen molar-refractivity contribution in [1.82, 2.24) is 15.2 Å². The lowest BCUT2D eigenvalue weighted by Gasteiger charge is -2.29. The van der Waals surface area contributed by atoms with Gasteiger partial charge in [0.1, 0.15) is 5.03 Å². The number of amides is 1. The molecule has 1 fully saturated rings. The first kappa shape index (κ1) is 16.0. The van der Waals surface area contributed by atoms with Gasteiger partial charge < -0.3 is 10.2 Å². The fourth-order valence-electron chi connectivity index (χ4n) is 2.62. The van der Waals surface area contributed by atoms with Crippen LogP contribution in [0.4, 0.5) is 0 Å². The fourth-order valence-corrected chi connectivity index (χ4v) is 3.40. The Hall–Kier alpha value is -1.85. The van der Waals surface area contributed by atoms with Crippen LogP contribution in [-0.4, -0.2) is 42.0 Å². The minimum absolute atomic E-state index is 0.0222. The summed E-state index contributed by atoms with van der Waals surface area (Å²) in [6.07, 6.45) is 3.83. The highest BCUT2D eigenvalue weighted by atomic mass is 32.2. The van der Waals surface area contributed by atoms with Gasteiger partial charge in [0.25, 0.3) is 5.91 Å². The Labute approximate surface area is 141 Å². The van der Waals surface area contributed by atoms with Crippen molar-refractivity contribution < 1.29 is 4.79 Å². The normalized spacial score (nSPS) is 16.2. The molecule has 2 heterocycles. The first-order valence-corrected chi connectivity index (χ1v) is 8.71. The zero-order chi connectivity index (χ0) is 16.1. The van der Waals surface area contributed by atoms with Gasteiger partial charge in [0.05, 0.1) is 0 Å². The van der Waals surface area contributed by atoms with Crippen molar-refractivity contribution in [2.45, 2.75) is 28.8 Å². The summed E-state index contributed by atoms with van der Waals surface area (Å²) in [5, 5.41) is 4.09. The van der Waals surface area contributed by atoms with E-state index in [0.717, 1.165) is 35.9 Å². The molecule has 0 bridgehead atoms. The minimum atomic E-state index is 0.0222. The molecule has 5 heteroatoms. The molecule has 1 N–H and O–H groups in total. The Morgan fingerprint density at radius 2 is 1.91 bits per heavy atom. The molecule has 0 aliphatic carbocycles. The van der Waals surface area contributed by atoms with Gasteiger partial charge in [0.2, 0.25) is 0 Å². The number of nitrogens with zero attached hydrogens (tertiary/aromatic N) is 2. The maximum Gasteiger partial charge on any atom is 0.251 e. The van der Waals surface area contributed by atoms with Crippen molar-refractivity contribution >= 4 is 17.7 Å². The molecule has 0 spiro atoms. The topological polar surface area (TPSA) is 45.2 Å². The number of likely N-dealkylation sites (tertiary alicyclic amines) is 1. The maximum absolute atomic E-state index is 12.3. The summed E-state index contributed by atoms with van der Waals surface area (Å²) in [5.74, 6) is 0.0222. The molecule has 1 saturated heterocycles. The van der Waals surface area contributed by atoms with Crippen LogP contribution in [0.25, 0.3) is 0 Å². The number of rotatable bonds is 4. The van der Waals surface area contributed by atoms with Crippen molar-refractivity contribution in [1.29, 1.82) is 0 Å². The van der Waals surface area contributed by atoms with Gasteiger partial charge in [-0.1, -0.05) is 17.8 Å². The SMILES string of the molecule is CN1CCC(NC(=O)c2ccc(Sc3ccccn3)cc2)CC1. The average Bonchev–Trinajstić information content (AvgIpc) is 2.58. The summed E-state index contributed by atoms with van der Waals surface area (Å²) >= 11 is 1.60. The van der Waals surface area contributed by atoms with E-state index in [1.807, 2.05) is 42.5 Å². The second-order valence-corrected chi connectivity index (χ2v) is 6.94. The van der Waals surface area contributed by atoms with Gasteiger partial charge in [-0.3, -0.25) is 4.79 Å². The van der Waals surface area contributed by atoms with E-state index < -0.39 is 0 Å². The largest absolute Gasteiger partial charge is 0.349 e. The van der Waals surface area contributed by atoms with Crippen LogP contribution in [0.1, 0.15) is 23.2 Å². The lowest BCUT2D eigenvalue weighted by molar-refractivity contribution is 0.0917. The Bertz CT molecular complexity index is 637. The highest BCUT2D eigenvalue weighted by molar-refractivity contribution is 7.99. The molecule has 1 amide bonds. The first-order chi connectivity index (χ1) is 11.2. The Morgan fingerprint density at radius 3 is 2.57 bits per heavy atom. The number of carbonyl (C=O) groups is 1. The second-order valence-electron chi connectivity index (χ2n) is 5.85. The van der Waals surface area contributed by atoms with Crippen molar-refractivity contribution in [2.24, 2.45) is 0 Å². The summed E-state index contributed by atoms with van der Waals surface area (Å²) in [6.45, 7) is 2.09. The van der Waals surface area contributed by atoms with Crippen molar-refractivity contribution in [3.63, 3.8) is 0 Å². The Balaban J connectivity index is 1.57. The zero-order valence-electron chi connectivity index (χ0n) is 13.2. The number of piperidine rings is 1. The molecule has 23 heavy (non-hydrogen) atoms. The third-order valence-electron chi connectivity index (χ3n) is 4.03. The van der Waals surface area contributed by atoms with E-state index in [1.165, 1.54) is 0 Å². The molecular weight excluding hydrogens is 306 g/mol. The molecule has 4 nitrogen and oxygen atoms in total. The fraction of sp³-hybridized carbons (Fsp3) is 0.333. The monoisotopic (exact) mass is 327 g/mol. The number of nitrogens with one attached hydrogen (secondary N) is 1. The van der Waals surface area contributed by atoms with Crippen LogP contribution in [0.15, 0.2) is 58.6 Å². The summed E-state index contributed by atoms with van der Waals surface area (Å²) < 4.78 is 0. The number of hydrogen-bond donors (Lipinski definition) is 1. The highest BCUT2D eigenvalue weighted by Gasteiger charge is 2.18. The minimum Gasteiger partial charge on any atom is -0.349 e. The van der Waals surface area contributed by atoms with Crippen LogP contribution in [-0.2, 0) is 0 Å². The van der Waals surface area contributed by atoms with Crippen LogP contribution in [0, 0.1) is 0 Å². The number of carbonyl (C=O) groups excluding carboxylic acids is 1. The molecule has 1 aliphatic rings. The van der Waals surface area contributed by atoms with E-state index in [2.05, 4.69) is 22.2 Å². The van der Waals surface area contributed by atoms with E-state index in [0.29, 0.717) is 11.6 Å². The van der Waals surface area contributed by atoms with E-state index >= 15 is 0 Å². The Kier molecular flexibility index (Phi) is 5.31. The third-order valence-corrected chi connectivity index (χ3v) is 4.99. The quantitative estimate of drug-likeness (QED) is 0.937. The van der Waals surface area contributed by atoms with Gasteiger partial charge in [-0.25, -0.2) is 4.98 Å². The summed E-state index contributed by atoms with van der Waals surface area (Å²) in [5.41, 5.74) is 0.717. The predicted octanol–water partition coefficient (Wildman–Crippen LogP) is 3.06. The van der Waals surface area contributed by atoms with Crippen molar-refractivity contribution in [2.75, 3.05) is 20.1 Å². The van der Waals surface area contributed by atoms with Crippen LogP contribution in [0.5, 0.6) is 0 Å². The van der Waals surface area contributed by atoms with Crippen molar-refractivity contribution in [3.05, 3.63) is 54.2 Å². The van der Waals surface area contributed by atoms with Gasteiger partial charge in [-0.2, -0.15) is 0 Å². The molecule has 0 radical (unpaired) electrons. The molecule has 0 saturated carbocycles. The molecule has 1 aromatic heterocycles. The third kappa shape index (κ3) is 4.56. The molecule has 0 atom stereocenters. The lowest BCUT2D eigenvalue weighted by Crippen LogP contribution is -2.43. The maximum atomic E-state index is 12.3. The molecule has 2 aromatic rings.